The molecule has 0 saturated carbocycles. The molecule has 7 heteroatoms. The number of rotatable bonds is 6. The SMILES string of the molecule is CCCn1ncnc1COc1c(C)cc(Br)cc1C(=O)O. The number of carboxylic acids is 1. The largest absolute Gasteiger partial charge is 0.484 e. The molecule has 1 heterocycles. The Morgan fingerprint density at radius 2 is 2.24 bits per heavy atom. The maximum atomic E-state index is 11.3. The Bertz CT molecular complexity index is 655. The molecule has 6 nitrogen and oxygen atoms in total. The molecule has 1 N–H and O–H groups in total. The van der Waals surface area contributed by atoms with Gasteiger partial charge in [-0.05, 0) is 31.0 Å². The monoisotopic (exact) mass is 353 g/mol. The van der Waals surface area contributed by atoms with E-state index in [4.69, 9.17) is 4.74 Å². The highest BCUT2D eigenvalue weighted by Gasteiger charge is 2.16. The number of hydrogen-bond acceptors (Lipinski definition) is 4. The first-order chi connectivity index (χ1) is 10.0. The van der Waals surface area contributed by atoms with Gasteiger partial charge in [-0.15, -0.1) is 0 Å². The van der Waals surface area contributed by atoms with Gasteiger partial charge in [0.2, 0.25) is 0 Å². The van der Waals surface area contributed by atoms with E-state index in [9.17, 15) is 9.90 Å². The lowest BCUT2D eigenvalue weighted by Crippen LogP contribution is -2.11. The molecule has 0 aliphatic carbocycles. The molecule has 112 valence electrons. The topological polar surface area (TPSA) is 77.2 Å². The Morgan fingerprint density at radius 1 is 1.48 bits per heavy atom. The number of carboxylic acid groups (broad SMARTS) is 1. The first kappa shape index (κ1) is 15.5. The van der Waals surface area contributed by atoms with E-state index in [-0.39, 0.29) is 12.2 Å². The van der Waals surface area contributed by atoms with Gasteiger partial charge in [-0.3, -0.25) is 0 Å². The summed E-state index contributed by atoms with van der Waals surface area (Å²) in [5.41, 5.74) is 0.881. The minimum absolute atomic E-state index is 0.128. The van der Waals surface area contributed by atoms with Crippen molar-refractivity contribution in [1.82, 2.24) is 14.8 Å². The predicted molar refractivity (Wildman–Crippen MR) is 80.5 cm³/mol. The number of aromatic nitrogens is 3. The van der Waals surface area contributed by atoms with E-state index in [1.165, 1.54) is 12.4 Å². The minimum Gasteiger partial charge on any atom is -0.484 e. The Balaban J connectivity index is 2.23. The molecule has 0 fully saturated rings. The van der Waals surface area contributed by atoms with Crippen LogP contribution in [0.3, 0.4) is 0 Å². The van der Waals surface area contributed by atoms with Crippen molar-refractivity contribution in [3.8, 4) is 5.75 Å². The van der Waals surface area contributed by atoms with Gasteiger partial charge < -0.3 is 9.84 Å². The van der Waals surface area contributed by atoms with Crippen molar-refractivity contribution in [2.75, 3.05) is 0 Å². The van der Waals surface area contributed by atoms with Gasteiger partial charge >= 0.3 is 5.97 Å². The molecule has 1 aromatic heterocycles. The number of aromatic carboxylic acids is 1. The molecule has 2 aromatic rings. The summed E-state index contributed by atoms with van der Waals surface area (Å²) >= 11 is 3.29. The summed E-state index contributed by atoms with van der Waals surface area (Å²) in [7, 11) is 0. The summed E-state index contributed by atoms with van der Waals surface area (Å²) in [5.74, 6) is 0.0108. The molecule has 2 rings (SSSR count). The molecular weight excluding hydrogens is 338 g/mol. The van der Waals surface area contributed by atoms with Gasteiger partial charge in [-0.2, -0.15) is 5.10 Å². The second-order valence-corrected chi connectivity index (χ2v) is 5.51. The van der Waals surface area contributed by atoms with Crippen LogP contribution in [0.15, 0.2) is 22.9 Å². The summed E-state index contributed by atoms with van der Waals surface area (Å²) in [4.78, 5) is 15.5. The fourth-order valence-electron chi connectivity index (χ4n) is 2.02. The molecule has 0 unspecified atom stereocenters. The smallest absolute Gasteiger partial charge is 0.339 e. The molecule has 0 radical (unpaired) electrons. The maximum absolute atomic E-state index is 11.3. The van der Waals surface area contributed by atoms with Crippen LogP contribution in [-0.2, 0) is 13.2 Å². The number of carbonyl (C=O) groups is 1. The second-order valence-electron chi connectivity index (χ2n) is 4.59. The van der Waals surface area contributed by atoms with E-state index in [0.29, 0.717) is 16.0 Å². The van der Waals surface area contributed by atoms with Gasteiger partial charge in [0.05, 0.1) is 0 Å². The summed E-state index contributed by atoms with van der Waals surface area (Å²) in [6, 6.07) is 3.35. The van der Waals surface area contributed by atoms with Crippen molar-refractivity contribution in [1.29, 1.82) is 0 Å². The van der Waals surface area contributed by atoms with Gasteiger partial charge in [0.25, 0.3) is 0 Å². The first-order valence-electron chi connectivity index (χ1n) is 6.55. The summed E-state index contributed by atoms with van der Waals surface area (Å²) in [5, 5.41) is 13.4. The van der Waals surface area contributed by atoms with Gasteiger partial charge in [0.1, 0.15) is 24.2 Å². The molecule has 0 aliphatic rings. The molecule has 1 aromatic carbocycles. The van der Waals surface area contributed by atoms with Crippen LogP contribution in [0.5, 0.6) is 5.75 Å². The average Bonchev–Trinajstić information content (AvgIpc) is 2.85. The second kappa shape index (κ2) is 6.71. The number of nitrogens with zero attached hydrogens (tertiary/aromatic N) is 3. The molecule has 0 saturated heterocycles. The standard InChI is InChI=1S/C14H16BrN3O3/c1-3-4-18-12(16-8-17-18)7-21-13-9(2)5-10(15)6-11(13)14(19)20/h5-6,8H,3-4,7H2,1-2H3,(H,19,20). The molecule has 0 bridgehead atoms. The normalized spacial score (nSPS) is 10.6. The Labute approximate surface area is 130 Å². The molecule has 21 heavy (non-hydrogen) atoms. The lowest BCUT2D eigenvalue weighted by Gasteiger charge is -2.13. The highest BCUT2D eigenvalue weighted by molar-refractivity contribution is 9.10. The molecule has 0 aliphatic heterocycles. The lowest BCUT2D eigenvalue weighted by atomic mass is 10.1. The number of ether oxygens (including phenoxy) is 1. The maximum Gasteiger partial charge on any atom is 0.339 e. The zero-order chi connectivity index (χ0) is 15.4. The average molecular weight is 354 g/mol. The van der Waals surface area contributed by atoms with Crippen LogP contribution in [-0.4, -0.2) is 25.8 Å². The van der Waals surface area contributed by atoms with Crippen LogP contribution >= 0.6 is 15.9 Å². The molecule has 0 amide bonds. The highest BCUT2D eigenvalue weighted by Crippen LogP contribution is 2.28. The van der Waals surface area contributed by atoms with Gasteiger partial charge in [0, 0.05) is 11.0 Å². The van der Waals surface area contributed by atoms with Crippen LogP contribution in [0.2, 0.25) is 0 Å². The van der Waals surface area contributed by atoms with Crippen molar-refractivity contribution in [2.45, 2.75) is 33.4 Å². The summed E-state index contributed by atoms with van der Waals surface area (Å²) in [6.45, 7) is 4.80. The Kier molecular flexibility index (Phi) is 4.95. The fraction of sp³-hybridized carbons (Fsp3) is 0.357. The van der Waals surface area contributed by atoms with E-state index < -0.39 is 5.97 Å². The first-order valence-corrected chi connectivity index (χ1v) is 7.35. The van der Waals surface area contributed by atoms with E-state index in [2.05, 4.69) is 26.0 Å². The van der Waals surface area contributed by atoms with Gasteiger partial charge in [-0.1, -0.05) is 22.9 Å². The zero-order valence-electron chi connectivity index (χ0n) is 11.8. The van der Waals surface area contributed by atoms with Crippen LogP contribution < -0.4 is 4.74 Å². The number of halogens is 1. The number of hydrogen-bond donors (Lipinski definition) is 1. The predicted octanol–water partition coefficient (Wildman–Crippen LogP) is 3.04. The quantitative estimate of drug-likeness (QED) is 0.863. The minimum atomic E-state index is -1.02. The van der Waals surface area contributed by atoms with Crippen LogP contribution in [0, 0.1) is 6.92 Å². The van der Waals surface area contributed by atoms with Crippen LogP contribution in [0.4, 0.5) is 0 Å². The third kappa shape index (κ3) is 3.60. The Hall–Kier alpha value is -1.89. The van der Waals surface area contributed by atoms with E-state index in [1.54, 1.807) is 4.68 Å². The fourth-order valence-corrected chi connectivity index (χ4v) is 2.59. The third-order valence-electron chi connectivity index (χ3n) is 2.95. The lowest BCUT2D eigenvalue weighted by molar-refractivity contribution is 0.0691. The number of aryl methyl sites for hydroxylation is 2. The number of benzene rings is 1. The Morgan fingerprint density at radius 3 is 2.90 bits per heavy atom. The summed E-state index contributed by atoms with van der Waals surface area (Å²) < 4.78 is 8.16. The third-order valence-corrected chi connectivity index (χ3v) is 3.40. The zero-order valence-corrected chi connectivity index (χ0v) is 13.4. The van der Waals surface area contributed by atoms with Gasteiger partial charge in [0.15, 0.2) is 5.82 Å². The summed E-state index contributed by atoms with van der Waals surface area (Å²) in [6.07, 6.45) is 2.41. The highest BCUT2D eigenvalue weighted by atomic mass is 79.9. The molecule has 0 atom stereocenters. The van der Waals surface area contributed by atoms with Crippen molar-refractivity contribution in [3.05, 3.63) is 39.9 Å². The van der Waals surface area contributed by atoms with Gasteiger partial charge in [-0.25, -0.2) is 14.5 Å². The van der Waals surface area contributed by atoms with Crippen LogP contribution in [0.1, 0.15) is 35.1 Å². The van der Waals surface area contributed by atoms with Crippen molar-refractivity contribution in [2.24, 2.45) is 0 Å². The van der Waals surface area contributed by atoms with Crippen LogP contribution in [0.25, 0.3) is 0 Å². The van der Waals surface area contributed by atoms with Crippen molar-refractivity contribution in [3.63, 3.8) is 0 Å². The van der Waals surface area contributed by atoms with E-state index >= 15 is 0 Å². The van der Waals surface area contributed by atoms with E-state index in [0.717, 1.165) is 18.5 Å². The van der Waals surface area contributed by atoms with Crippen molar-refractivity contribution < 1.29 is 14.6 Å². The molecular formula is C14H16BrN3O3. The van der Waals surface area contributed by atoms with E-state index in [1.807, 2.05) is 19.9 Å². The molecule has 0 spiro atoms. The van der Waals surface area contributed by atoms with Crippen molar-refractivity contribution >= 4 is 21.9 Å².